The van der Waals surface area contributed by atoms with Crippen LogP contribution in [0.5, 0.6) is 0 Å². The van der Waals surface area contributed by atoms with Crippen molar-refractivity contribution in [2.75, 3.05) is 10.0 Å². The highest BCUT2D eigenvalue weighted by Crippen LogP contribution is 2.50. The second-order valence-electron chi connectivity index (χ2n) is 8.23. The number of benzene rings is 3. The number of hydrogen-bond donors (Lipinski definition) is 3. The summed E-state index contributed by atoms with van der Waals surface area (Å²) in [6.07, 6.45) is 4.97. The van der Waals surface area contributed by atoms with Gasteiger partial charge in [-0.05, 0) is 72.0 Å². The molecule has 2 aliphatic rings. The minimum Gasteiger partial charge on any atom is -0.478 e. The number of halogens is 1. The number of hydrogen-bond acceptors (Lipinski definition) is 4. The van der Waals surface area contributed by atoms with E-state index in [2.05, 4.69) is 38.1 Å². The number of carboxylic acids is 1. The van der Waals surface area contributed by atoms with Gasteiger partial charge in [-0.2, -0.15) is 0 Å². The molecule has 3 aromatic carbocycles. The predicted molar refractivity (Wildman–Crippen MR) is 131 cm³/mol. The molecular weight excluding hydrogens is 504 g/mol. The van der Waals surface area contributed by atoms with Crippen LogP contribution in [0.15, 0.2) is 88.3 Å². The number of nitrogens with one attached hydrogen (secondary N) is 2. The van der Waals surface area contributed by atoms with Crippen molar-refractivity contribution in [2.24, 2.45) is 5.92 Å². The number of carboxylic acid groups (broad SMARTS) is 1. The fourth-order valence-corrected chi connectivity index (χ4v) is 6.10. The molecule has 1 aliphatic carbocycles. The third kappa shape index (κ3) is 4.05. The topological polar surface area (TPSA) is 95.5 Å². The molecule has 1 aliphatic heterocycles. The van der Waals surface area contributed by atoms with Gasteiger partial charge in [-0.3, -0.25) is 4.72 Å². The Morgan fingerprint density at radius 1 is 1.03 bits per heavy atom. The van der Waals surface area contributed by atoms with E-state index in [1.807, 2.05) is 12.1 Å². The lowest BCUT2D eigenvalue weighted by Crippen LogP contribution is -2.30. The van der Waals surface area contributed by atoms with Gasteiger partial charge in [-0.15, -0.1) is 0 Å². The second-order valence-corrected chi connectivity index (χ2v) is 10.8. The van der Waals surface area contributed by atoms with Crippen LogP contribution in [0.1, 0.15) is 39.9 Å². The first-order valence-electron chi connectivity index (χ1n) is 10.5. The molecular formula is C25H21BrN2O4S. The maximum absolute atomic E-state index is 13.0. The van der Waals surface area contributed by atoms with Crippen molar-refractivity contribution >= 4 is 43.3 Å². The highest BCUT2D eigenvalue weighted by molar-refractivity contribution is 9.10. The van der Waals surface area contributed by atoms with Crippen LogP contribution in [0.2, 0.25) is 0 Å². The van der Waals surface area contributed by atoms with Crippen LogP contribution in [-0.2, 0) is 10.0 Å². The van der Waals surface area contributed by atoms with E-state index < -0.39 is 16.0 Å². The molecule has 0 radical (unpaired) electrons. The summed E-state index contributed by atoms with van der Waals surface area (Å²) in [4.78, 5) is 12.0. The average Bonchev–Trinajstić information content (AvgIpc) is 3.30. The van der Waals surface area contributed by atoms with E-state index in [9.17, 15) is 18.3 Å². The van der Waals surface area contributed by atoms with Crippen LogP contribution < -0.4 is 10.0 Å². The molecule has 0 amide bonds. The first-order valence-corrected chi connectivity index (χ1v) is 12.8. The summed E-state index contributed by atoms with van der Waals surface area (Å²) in [5.74, 6) is -0.868. The summed E-state index contributed by atoms with van der Waals surface area (Å²) in [6, 6.07) is 18.9. The van der Waals surface area contributed by atoms with Gasteiger partial charge in [0.2, 0.25) is 0 Å². The van der Waals surface area contributed by atoms with Crippen LogP contribution >= 0.6 is 15.9 Å². The third-order valence-corrected chi connectivity index (χ3v) is 8.17. The largest absolute Gasteiger partial charge is 0.478 e. The minimum absolute atomic E-state index is 0.00377. The zero-order chi connectivity index (χ0) is 23.2. The fourth-order valence-electron chi connectivity index (χ4n) is 4.74. The first kappa shape index (κ1) is 21.7. The van der Waals surface area contributed by atoms with Crippen LogP contribution in [0.3, 0.4) is 0 Å². The molecule has 0 unspecified atom stereocenters. The lowest BCUT2D eigenvalue weighted by Gasteiger charge is -2.38. The molecule has 0 saturated carbocycles. The van der Waals surface area contributed by atoms with Gasteiger partial charge in [0.25, 0.3) is 10.0 Å². The molecule has 6 nitrogen and oxygen atoms in total. The molecule has 33 heavy (non-hydrogen) atoms. The monoisotopic (exact) mass is 524 g/mol. The Kier molecular flexibility index (Phi) is 5.50. The Hall–Kier alpha value is -3.10. The molecule has 3 atom stereocenters. The standard InChI is InChI=1S/C25H21BrN2O4S/c26-15-8-10-16(11-9-15)28-33(31,32)17-12-13-23-22(14-17)18-6-3-7-19(18)24(27-23)20-4-1-2-5-21(20)25(29)30/h1-6,8-14,18-19,24,27-28H,7H2,(H,29,30)/t18-,19+,24-/m0/s1. The fraction of sp³-hybridized carbons (Fsp3) is 0.160. The lowest BCUT2D eigenvalue weighted by molar-refractivity contribution is 0.0694. The van der Waals surface area contributed by atoms with E-state index in [-0.39, 0.29) is 28.3 Å². The van der Waals surface area contributed by atoms with Crippen molar-refractivity contribution in [2.45, 2.75) is 23.3 Å². The van der Waals surface area contributed by atoms with Gasteiger partial charge < -0.3 is 10.4 Å². The lowest BCUT2D eigenvalue weighted by atomic mass is 9.76. The molecule has 3 N–H and O–H groups in total. The van der Waals surface area contributed by atoms with Gasteiger partial charge >= 0.3 is 5.97 Å². The number of fused-ring (bicyclic) bond motifs is 3. The van der Waals surface area contributed by atoms with Crippen LogP contribution in [0.4, 0.5) is 11.4 Å². The highest BCUT2D eigenvalue weighted by Gasteiger charge is 2.39. The Labute approximate surface area is 200 Å². The molecule has 0 aromatic heterocycles. The molecule has 0 spiro atoms. The molecule has 5 rings (SSSR count). The molecule has 8 heteroatoms. The van der Waals surface area contributed by atoms with E-state index in [0.29, 0.717) is 5.69 Å². The number of carbonyl (C=O) groups is 1. The minimum atomic E-state index is -3.77. The van der Waals surface area contributed by atoms with Crippen LogP contribution in [0.25, 0.3) is 0 Å². The van der Waals surface area contributed by atoms with Crippen LogP contribution in [0, 0.1) is 5.92 Å². The van der Waals surface area contributed by atoms with Crippen molar-refractivity contribution in [1.29, 1.82) is 0 Å². The van der Waals surface area contributed by atoms with Crippen molar-refractivity contribution in [3.05, 3.63) is 100 Å². The number of sulfonamides is 1. The van der Waals surface area contributed by atoms with E-state index >= 15 is 0 Å². The maximum atomic E-state index is 13.0. The molecule has 168 valence electrons. The van der Waals surface area contributed by atoms with E-state index in [0.717, 1.165) is 27.7 Å². The Bertz CT molecular complexity index is 1370. The summed E-state index contributed by atoms with van der Waals surface area (Å²) in [6.45, 7) is 0. The Balaban J connectivity index is 1.51. The van der Waals surface area contributed by atoms with Gasteiger partial charge in [0.1, 0.15) is 0 Å². The predicted octanol–water partition coefficient (Wildman–Crippen LogP) is 5.77. The first-order chi connectivity index (χ1) is 15.8. The molecule has 0 saturated heterocycles. The highest BCUT2D eigenvalue weighted by atomic mass is 79.9. The molecule has 0 bridgehead atoms. The summed E-state index contributed by atoms with van der Waals surface area (Å²) in [5.41, 5.74) is 3.22. The zero-order valence-electron chi connectivity index (χ0n) is 17.4. The molecule has 0 fully saturated rings. The quantitative estimate of drug-likeness (QED) is 0.368. The summed E-state index contributed by atoms with van der Waals surface area (Å²) < 4.78 is 29.6. The zero-order valence-corrected chi connectivity index (χ0v) is 19.8. The van der Waals surface area contributed by atoms with Gasteiger partial charge in [0, 0.05) is 21.8 Å². The van der Waals surface area contributed by atoms with Gasteiger partial charge in [0.15, 0.2) is 0 Å². The smallest absolute Gasteiger partial charge is 0.336 e. The van der Waals surface area contributed by atoms with Gasteiger partial charge in [-0.1, -0.05) is 46.3 Å². The Morgan fingerprint density at radius 3 is 2.55 bits per heavy atom. The normalized spacial score (nSPS) is 21.1. The third-order valence-electron chi connectivity index (χ3n) is 6.27. The second kappa shape index (κ2) is 8.35. The van der Waals surface area contributed by atoms with E-state index in [1.54, 1.807) is 54.6 Å². The summed E-state index contributed by atoms with van der Waals surface area (Å²) in [5, 5.41) is 13.2. The maximum Gasteiger partial charge on any atom is 0.336 e. The number of aromatic carboxylic acids is 1. The van der Waals surface area contributed by atoms with Crippen molar-refractivity contribution in [1.82, 2.24) is 0 Å². The van der Waals surface area contributed by atoms with E-state index in [4.69, 9.17) is 0 Å². The van der Waals surface area contributed by atoms with Gasteiger partial charge in [-0.25, -0.2) is 13.2 Å². The number of allylic oxidation sites excluding steroid dienone is 2. The molecule has 1 heterocycles. The SMILES string of the molecule is O=C(O)c1ccccc1[C@H]1Nc2ccc(S(=O)(=O)Nc3ccc(Br)cc3)cc2[C@H]2C=CC[C@H]21. The summed E-state index contributed by atoms with van der Waals surface area (Å²) >= 11 is 3.35. The van der Waals surface area contributed by atoms with Crippen molar-refractivity contribution < 1.29 is 18.3 Å². The van der Waals surface area contributed by atoms with Crippen LogP contribution in [-0.4, -0.2) is 19.5 Å². The average molecular weight is 525 g/mol. The number of rotatable bonds is 5. The van der Waals surface area contributed by atoms with E-state index in [1.165, 1.54) is 0 Å². The van der Waals surface area contributed by atoms with Crippen molar-refractivity contribution in [3.63, 3.8) is 0 Å². The van der Waals surface area contributed by atoms with Gasteiger partial charge in [0.05, 0.1) is 16.5 Å². The molecule has 3 aromatic rings. The number of anilines is 2. The van der Waals surface area contributed by atoms with Crippen molar-refractivity contribution in [3.8, 4) is 0 Å². The Morgan fingerprint density at radius 2 is 1.79 bits per heavy atom. The summed E-state index contributed by atoms with van der Waals surface area (Å²) in [7, 11) is -3.77.